The molecule has 0 saturated carbocycles. The molecule has 2 heterocycles. The summed E-state index contributed by atoms with van der Waals surface area (Å²) in [5.41, 5.74) is 8.52. The quantitative estimate of drug-likeness (QED) is 0.371. The van der Waals surface area contributed by atoms with E-state index in [2.05, 4.69) is 98.3 Å². The normalized spacial score (nSPS) is 19.9. The number of hydrogen-bond donors (Lipinski definition) is 0. The van der Waals surface area contributed by atoms with Crippen LogP contribution >= 0.6 is 0 Å². The van der Waals surface area contributed by atoms with E-state index < -0.39 is 0 Å². The standard InChI is InChI=1S/C32H42N2/c1-6-11-30(33-20-10-12-24(2)19-21-33)17-8-13-25(3)28-15-9-18-31(22-28)34-23-29-16-7-14-26(4)32(29)27(34)5/h7-9,13-16,18,22,24,30H,3,5-6,10-12,17,19-21,23H2,1-2,4H3/b13-8+. The van der Waals surface area contributed by atoms with Crippen molar-refractivity contribution in [2.45, 2.75) is 71.9 Å². The van der Waals surface area contributed by atoms with E-state index >= 15 is 0 Å². The number of aryl methyl sites for hydroxylation is 1. The highest BCUT2D eigenvalue weighted by molar-refractivity contribution is 5.86. The minimum Gasteiger partial charge on any atom is -0.337 e. The van der Waals surface area contributed by atoms with Crippen molar-refractivity contribution < 1.29 is 0 Å². The van der Waals surface area contributed by atoms with Gasteiger partial charge >= 0.3 is 0 Å². The SMILES string of the molecule is C=C(/C=C/CC(CCC)N1CCCC(C)CC1)c1cccc(N2Cc3cccc(C)c3C2=C)c1. The van der Waals surface area contributed by atoms with Crippen molar-refractivity contribution >= 4 is 17.0 Å². The molecule has 2 aliphatic rings. The Morgan fingerprint density at radius 3 is 2.76 bits per heavy atom. The van der Waals surface area contributed by atoms with Gasteiger partial charge in [0.2, 0.25) is 0 Å². The highest BCUT2D eigenvalue weighted by atomic mass is 15.2. The van der Waals surface area contributed by atoms with Gasteiger partial charge in [-0.25, -0.2) is 0 Å². The van der Waals surface area contributed by atoms with E-state index in [0.717, 1.165) is 30.2 Å². The predicted octanol–water partition coefficient (Wildman–Crippen LogP) is 8.24. The van der Waals surface area contributed by atoms with Crippen LogP contribution in [0.4, 0.5) is 5.69 Å². The molecule has 0 radical (unpaired) electrons. The minimum atomic E-state index is 0.653. The number of fused-ring (bicyclic) bond motifs is 1. The van der Waals surface area contributed by atoms with E-state index in [-0.39, 0.29) is 0 Å². The zero-order valence-corrected chi connectivity index (χ0v) is 21.5. The third kappa shape index (κ3) is 5.55. The van der Waals surface area contributed by atoms with Gasteiger partial charge in [-0.2, -0.15) is 0 Å². The van der Waals surface area contributed by atoms with Crippen molar-refractivity contribution in [3.8, 4) is 0 Å². The fourth-order valence-electron chi connectivity index (χ4n) is 5.69. The molecule has 2 aromatic rings. The molecule has 0 spiro atoms. The molecule has 0 N–H and O–H groups in total. The maximum absolute atomic E-state index is 4.42. The molecular weight excluding hydrogens is 412 g/mol. The first-order chi connectivity index (χ1) is 16.5. The second-order valence-electron chi connectivity index (χ2n) is 10.4. The van der Waals surface area contributed by atoms with Crippen LogP contribution in [0, 0.1) is 12.8 Å². The Balaban J connectivity index is 1.42. The molecule has 2 aliphatic heterocycles. The van der Waals surface area contributed by atoms with E-state index in [0.29, 0.717) is 6.04 Å². The van der Waals surface area contributed by atoms with Crippen molar-refractivity contribution in [3.05, 3.63) is 90.0 Å². The van der Waals surface area contributed by atoms with E-state index in [1.165, 1.54) is 73.1 Å². The third-order valence-electron chi connectivity index (χ3n) is 7.75. The number of rotatable bonds is 8. The summed E-state index contributed by atoms with van der Waals surface area (Å²) in [6.45, 7) is 19.1. The minimum absolute atomic E-state index is 0.653. The van der Waals surface area contributed by atoms with Crippen LogP contribution in [-0.4, -0.2) is 24.0 Å². The monoisotopic (exact) mass is 454 g/mol. The van der Waals surface area contributed by atoms with Crippen LogP contribution < -0.4 is 4.90 Å². The van der Waals surface area contributed by atoms with Gasteiger partial charge in [0.15, 0.2) is 0 Å². The zero-order chi connectivity index (χ0) is 24.1. The number of allylic oxidation sites excluding steroid dienone is 2. The lowest BCUT2D eigenvalue weighted by Gasteiger charge is -2.30. The summed E-state index contributed by atoms with van der Waals surface area (Å²) in [5.74, 6) is 0.873. The van der Waals surface area contributed by atoms with Gasteiger partial charge in [0, 0.05) is 29.5 Å². The summed E-state index contributed by atoms with van der Waals surface area (Å²) in [6, 6.07) is 16.0. The molecule has 34 heavy (non-hydrogen) atoms. The topological polar surface area (TPSA) is 6.48 Å². The molecular formula is C32H42N2. The van der Waals surface area contributed by atoms with E-state index in [4.69, 9.17) is 0 Å². The van der Waals surface area contributed by atoms with Crippen LogP contribution in [-0.2, 0) is 6.54 Å². The number of likely N-dealkylation sites (tertiary alicyclic amines) is 1. The zero-order valence-electron chi connectivity index (χ0n) is 21.5. The van der Waals surface area contributed by atoms with E-state index in [1.54, 1.807) is 0 Å². The molecule has 4 rings (SSSR count). The van der Waals surface area contributed by atoms with Crippen molar-refractivity contribution in [1.29, 1.82) is 0 Å². The second-order valence-corrected chi connectivity index (χ2v) is 10.4. The predicted molar refractivity (Wildman–Crippen MR) is 149 cm³/mol. The van der Waals surface area contributed by atoms with Crippen LogP contribution in [0.25, 0.3) is 11.3 Å². The molecule has 0 bridgehead atoms. The molecule has 1 saturated heterocycles. The first-order valence-electron chi connectivity index (χ1n) is 13.2. The van der Waals surface area contributed by atoms with Crippen LogP contribution in [0.3, 0.4) is 0 Å². The average Bonchev–Trinajstić information content (AvgIpc) is 3.02. The van der Waals surface area contributed by atoms with Gasteiger partial charge in [-0.15, -0.1) is 0 Å². The van der Waals surface area contributed by atoms with Gasteiger partial charge in [-0.05, 0) is 92.4 Å². The maximum atomic E-state index is 4.42. The largest absolute Gasteiger partial charge is 0.337 e. The Labute approximate surface area is 207 Å². The Hall–Kier alpha value is -2.58. The first-order valence-corrected chi connectivity index (χ1v) is 13.2. The van der Waals surface area contributed by atoms with Crippen molar-refractivity contribution in [1.82, 2.24) is 4.90 Å². The Morgan fingerprint density at radius 1 is 1.15 bits per heavy atom. The molecule has 180 valence electrons. The molecule has 1 fully saturated rings. The van der Waals surface area contributed by atoms with E-state index in [1.807, 2.05) is 0 Å². The summed E-state index contributed by atoms with van der Waals surface area (Å²) in [7, 11) is 0. The molecule has 0 amide bonds. The fourth-order valence-corrected chi connectivity index (χ4v) is 5.69. The smallest absolute Gasteiger partial charge is 0.0488 e. The van der Waals surface area contributed by atoms with Gasteiger partial charge in [-0.1, -0.05) is 75.9 Å². The van der Waals surface area contributed by atoms with Crippen LogP contribution in [0.5, 0.6) is 0 Å². The Kier molecular flexibility index (Phi) is 8.11. The highest BCUT2D eigenvalue weighted by Gasteiger charge is 2.25. The lowest BCUT2D eigenvalue weighted by atomic mass is 10.0. The Bertz CT molecular complexity index is 1050. The van der Waals surface area contributed by atoms with Gasteiger partial charge in [0.25, 0.3) is 0 Å². The number of benzene rings is 2. The van der Waals surface area contributed by atoms with Crippen molar-refractivity contribution in [2.24, 2.45) is 5.92 Å². The number of hydrogen-bond acceptors (Lipinski definition) is 2. The first kappa shape index (κ1) is 24.5. The molecule has 2 atom stereocenters. The molecule has 0 aliphatic carbocycles. The highest BCUT2D eigenvalue weighted by Crippen LogP contribution is 2.38. The van der Waals surface area contributed by atoms with Crippen molar-refractivity contribution in [2.75, 3.05) is 18.0 Å². The summed E-state index contributed by atoms with van der Waals surface area (Å²) in [4.78, 5) is 5.08. The van der Waals surface area contributed by atoms with Crippen LogP contribution in [0.1, 0.15) is 74.6 Å². The number of anilines is 1. The van der Waals surface area contributed by atoms with Gasteiger partial charge < -0.3 is 9.80 Å². The molecule has 2 nitrogen and oxygen atoms in total. The van der Waals surface area contributed by atoms with Crippen LogP contribution in [0.15, 0.2) is 67.8 Å². The number of nitrogens with zero attached hydrogens (tertiary/aromatic N) is 2. The Morgan fingerprint density at radius 2 is 1.97 bits per heavy atom. The average molecular weight is 455 g/mol. The molecule has 0 aromatic heterocycles. The van der Waals surface area contributed by atoms with Gasteiger partial charge in [0.05, 0.1) is 0 Å². The third-order valence-corrected chi connectivity index (χ3v) is 7.75. The van der Waals surface area contributed by atoms with Gasteiger partial charge in [-0.3, -0.25) is 0 Å². The molecule has 2 heteroatoms. The molecule has 2 aromatic carbocycles. The second kappa shape index (κ2) is 11.2. The van der Waals surface area contributed by atoms with Crippen molar-refractivity contribution in [3.63, 3.8) is 0 Å². The van der Waals surface area contributed by atoms with E-state index in [9.17, 15) is 0 Å². The lowest BCUT2D eigenvalue weighted by molar-refractivity contribution is 0.191. The lowest BCUT2D eigenvalue weighted by Crippen LogP contribution is -2.35. The van der Waals surface area contributed by atoms with Crippen LogP contribution in [0.2, 0.25) is 0 Å². The summed E-state index contributed by atoms with van der Waals surface area (Å²) in [6.07, 6.45) is 12.3. The summed E-state index contributed by atoms with van der Waals surface area (Å²) < 4.78 is 0. The fraction of sp³-hybridized carbons (Fsp3) is 0.438. The maximum Gasteiger partial charge on any atom is 0.0488 e. The summed E-state index contributed by atoms with van der Waals surface area (Å²) in [5, 5.41) is 0. The molecule has 2 unspecified atom stereocenters. The summed E-state index contributed by atoms with van der Waals surface area (Å²) >= 11 is 0. The van der Waals surface area contributed by atoms with Gasteiger partial charge in [0.1, 0.15) is 0 Å².